The third-order valence-electron chi connectivity index (χ3n) is 5.16. The first-order chi connectivity index (χ1) is 16.0. The molecule has 0 unspecified atom stereocenters. The van der Waals surface area contributed by atoms with E-state index in [2.05, 4.69) is 10.3 Å². The number of unbranched alkanes of at least 4 members (excludes halogenated alkanes) is 1. The summed E-state index contributed by atoms with van der Waals surface area (Å²) in [6, 6.07) is 19.8. The molecule has 0 spiro atoms. The SMILES string of the molecule is CCCCC(=O)Nc1nc(-c2c(Cl)cccc2Cl)c(-c2ccccc2-c2cccc(O)c2)o1. The average molecular weight is 481 g/mol. The molecule has 0 saturated heterocycles. The quantitative estimate of drug-likeness (QED) is 0.282. The van der Waals surface area contributed by atoms with Crippen LogP contribution in [0.15, 0.2) is 71.1 Å². The van der Waals surface area contributed by atoms with Crippen molar-refractivity contribution in [3.8, 4) is 39.5 Å². The van der Waals surface area contributed by atoms with Gasteiger partial charge in [0.05, 0.1) is 10.0 Å². The number of anilines is 1. The Morgan fingerprint density at radius 2 is 1.70 bits per heavy atom. The van der Waals surface area contributed by atoms with Gasteiger partial charge in [-0.15, -0.1) is 0 Å². The van der Waals surface area contributed by atoms with E-state index in [-0.39, 0.29) is 17.7 Å². The highest BCUT2D eigenvalue weighted by Gasteiger charge is 2.24. The first-order valence-corrected chi connectivity index (χ1v) is 11.4. The molecule has 0 bridgehead atoms. The van der Waals surface area contributed by atoms with Gasteiger partial charge in [0.2, 0.25) is 5.91 Å². The fraction of sp³-hybridized carbons (Fsp3) is 0.154. The van der Waals surface area contributed by atoms with Crippen LogP contribution >= 0.6 is 23.2 Å². The third-order valence-corrected chi connectivity index (χ3v) is 5.79. The van der Waals surface area contributed by atoms with Gasteiger partial charge in [0.1, 0.15) is 11.4 Å². The fourth-order valence-corrected chi connectivity index (χ4v) is 4.15. The number of oxazole rings is 1. The molecule has 1 amide bonds. The first kappa shape index (κ1) is 22.9. The summed E-state index contributed by atoms with van der Waals surface area (Å²) >= 11 is 13.0. The maximum Gasteiger partial charge on any atom is 0.302 e. The summed E-state index contributed by atoms with van der Waals surface area (Å²) in [5.74, 6) is 0.385. The minimum absolute atomic E-state index is 0.0720. The summed E-state index contributed by atoms with van der Waals surface area (Å²) < 4.78 is 6.09. The predicted molar refractivity (Wildman–Crippen MR) is 133 cm³/mol. The second kappa shape index (κ2) is 10.1. The summed E-state index contributed by atoms with van der Waals surface area (Å²) in [5.41, 5.74) is 3.27. The molecule has 33 heavy (non-hydrogen) atoms. The van der Waals surface area contributed by atoms with Crippen LogP contribution in [0.5, 0.6) is 5.75 Å². The summed E-state index contributed by atoms with van der Waals surface area (Å²) in [7, 11) is 0. The standard InChI is InChI=1S/C26H22Cl2N2O3/c1-2-3-14-22(32)29-26-30-24(23-20(27)12-7-13-21(23)28)25(33-26)19-11-5-4-10-18(19)16-8-6-9-17(31)15-16/h4-13,15,31H,2-3,14H2,1H3,(H,29,30,32). The van der Waals surface area contributed by atoms with E-state index in [1.165, 1.54) is 0 Å². The van der Waals surface area contributed by atoms with Crippen LogP contribution in [0, 0.1) is 0 Å². The molecular weight excluding hydrogens is 459 g/mol. The van der Waals surface area contributed by atoms with Crippen molar-refractivity contribution < 1.29 is 14.3 Å². The number of rotatable bonds is 7. The Labute approximate surface area is 202 Å². The van der Waals surface area contributed by atoms with E-state index >= 15 is 0 Å². The number of benzene rings is 3. The molecule has 5 nitrogen and oxygen atoms in total. The number of aromatic nitrogens is 1. The molecule has 4 aromatic rings. The Kier molecular flexibility index (Phi) is 7.02. The van der Waals surface area contributed by atoms with Crippen LogP contribution in [0.25, 0.3) is 33.7 Å². The van der Waals surface area contributed by atoms with Gasteiger partial charge in [-0.05, 0) is 41.8 Å². The van der Waals surface area contributed by atoms with Gasteiger partial charge in [0.25, 0.3) is 0 Å². The number of phenols is 1. The lowest BCUT2D eigenvalue weighted by atomic mass is 9.96. The number of nitrogens with one attached hydrogen (secondary N) is 1. The number of aromatic hydroxyl groups is 1. The number of hydrogen-bond donors (Lipinski definition) is 2. The van der Waals surface area contributed by atoms with E-state index in [1.807, 2.05) is 37.3 Å². The maximum atomic E-state index is 12.3. The monoisotopic (exact) mass is 480 g/mol. The van der Waals surface area contributed by atoms with Crippen molar-refractivity contribution >= 4 is 35.1 Å². The highest BCUT2D eigenvalue weighted by molar-refractivity contribution is 6.39. The molecule has 1 aromatic heterocycles. The number of amides is 1. The third kappa shape index (κ3) is 5.05. The van der Waals surface area contributed by atoms with Gasteiger partial charge < -0.3 is 9.52 Å². The minimum Gasteiger partial charge on any atom is -0.508 e. The van der Waals surface area contributed by atoms with E-state index in [9.17, 15) is 9.90 Å². The lowest BCUT2D eigenvalue weighted by Gasteiger charge is -2.10. The summed E-state index contributed by atoms with van der Waals surface area (Å²) in [4.78, 5) is 16.9. The Balaban J connectivity index is 1.89. The number of carbonyl (C=O) groups excluding carboxylic acids is 1. The molecule has 168 valence electrons. The highest BCUT2D eigenvalue weighted by Crippen LogP contribution is 2.44. The van der Waals surface area contributed by atoms with E-state index in [0.29, 0.717) is 33.5 Å². The zero-order valence-corrected chi connectivity index (χ0v) is 19.5. The topological polar surface area (TPSA) is 75.4 Å². The Hall–Kier alpha value is -3.28. The van der Waals surface area contributed by atoms with Crippen LogP contribution in [-0.4, -0.2) is 16.0 Å². The van der Waals surface area contributed by atoms with Gasteiger partial charge in [-0.1, -0.05) is 79.0 Å². The molecular formula is C26H22Cl2N2O3. The molecule has 4 rings (SSSR count). The molecule has 0 aliphatic rings. The normalized spacial score (nSPS) is 10.9. The van der Waals surface area contributed by atoms with Crippen molar-refractivity contribution in [1.82, 2.24) is 4.98 Å². The zero-order valence-electron chi connectivity index (χ0n) is 17.9. The molecule has 0 aliphatic carbocycles. The van der Waals surface area contributed by atoms with Crippen molar-refractivity contribution in [1.29, 1.82) is 0 Å². The van der Waals surface area contributed by atoms with Gasteiger partial charge in [-0.2, -0.15) is 4.98 Å². The average Bonchev–Trinajstić information content (AvgIpc) is 3.20. The van der Waals surface area contributed by atoms with Crippen LogP contribution in [0.1, 0.15) is 26.2 Å². The zero-order chi connectivity index (χ0) is 23.4. The van der Waals surface area contributed by atoms with Gasteiger partial charge in [-0.3, -0.25) is 10.1 Å². The molecule has 0 saturated carbocycles. The van der Waals surface area contributed by atoms with Crippen molar-refractivity contribution in [3.63, 3.8) is 0 Å². The number of carbonyl (C=O) groups is 1. The summed E-state index contributed by atoms with van der Waals surface area (Å²) in [6.07, 6.45) is 2.04. The van der Waals surface area contributed by atoms with E-state index in [4.69, 9.17) is 27.6 Å². The molecule has 7 heteroatoms. The number of nitrogens with zero attached hydrogens (tertiary/aromatic N) is 1. The fourth-order valence-electron chi connectivity index (χ4n) is 3.58. The van der Waals surface area contributed by atoms with E-state index in [0.717, 1.165) is 29.5 Å². The summed E-state index contributed by atoms with van der Waals surface area (Å²) in [6.45, 7) is 2.02. The number of hydrogen-bond acceptors (Lipinski definition) is 4. The maximum absolute atomic E-state index is 12.3. The molecule has 0 fully saturated rings. The van der Waals surface area contributed by atoms with Crippen LogP contribution in [0.4, 0.5) is 6.01 Å². The van der Waals surface area contributed by atoms with Gasteiger partial charge in [0, 0.05) is 17.5 Å². The van der Waals surface area contributed by atoms with Crippen molar-refractivity contribution in [2.75, 3.05) is 5.32 Å². The van der Waals surface area contributed by atoms with E-state index < -0.39 is 0 Å². The van der Waals surface area contributed by atoms with Crippen LogP contribution < -0.4 is 5.32 Å². The van der Waals surface area contributed by atoms with Crippen molar-refractivity contribution in [2.45, 2.75) is 26.2 Å². The second-order valence-corrected chi connectivity index (χ2v) is 8.36. The summed E-state index contributed by atoms with van der Waals surface area (Å²) in [5, 5.41) is 13.6. The molecule has 0 atom stereocenters. The van der Waals surface area contributed by atoms with Gasteiger partial charge in [-0.25, -0.2) is 0 Å². The predicted octanol–water partition coefficient (Wildman–Crippen LogP) is 7.82. The Morgan fingerprint density at radius 1 is 1.00 bits per heavy atom. The smallest absolute Gasteiger partial charge is 0.302 e. The lowest BCUT2D eigenvalue weighted by Crippen LogP contribution is -2.11. The largest absolute Gasteiger partial charge is 0.508 e. The Bertz CT molecular complexity index is 1280. The first-order valence-electron chi connectivity index (χ1n) is 10.6. The second-order valence-electron chi connectivity index (χ2n) is 7.54. The molecule has 0 radical (unpaired) electrons. The number of phenolic OH excluding ortho intramolecular Hbond substituents is 1. The number of halogens is 2. The minimum atomic E-state index is -0.178. The van der Waals surface area contributed by atoms with Crippen molar-refractivity contribution in [2.24, 2.45) is 0 Å². The Morgan fingerprint density at radius 3 is 2.39 bits per heavy atom. The molecule has 2 N–H and O–H groups in total. The van der Waals surface area contributed by atoms with Crippen LogP contribution in [0.2, 0.25) is 10.0 Å². The lowest BCUT2D eigenvalue weighted by molar-refractivity contribution is -0.116. The van der Waals surface area contributed by atoms with Crippen molar-refractivity contribution in [3.05, 3.63) is 76.8 Å². The van der Waals surface area contributed by atoms with Gasteiger partial charge >= 0.3 is 6.01 Å². The molecule has 0 aliphatic heterocycles. The van der Waals surface area contributed by atoms with Crippen LogP contribution in [0.3, 0.4) is 0 Å². The van der Waals surface area contributed by atoms with E-state index in [1.54, 1.807) is 36.4 Å². The van der Waals surface area contributed by atoms with Gasteiger partial charge in [0.15, 0.2) is 5.76 Å². The molecule has 1 heterocycles. The van der Waals surface area contributed by atoms with Crippen LogP contribution in [-0.2, 0) is 4.79 Å². The highest BCUT2D eigenvalue weighted by atomic mass is 35.5. The molecule has 3 aromatic carbocycles.